The average Bonchev–Trinajstić information content (AvgIpc) is 2.40. The van der Waals surface area contributed by atoms with E-state index in [1.807, 2.05) is 0 Å². The number of amides is 3. The van der Waals surface area contributed by atoms with Crippen LogP contribution in [0.4, 0.5) is 13.6 Å². The van der Waals surface area contributed by atoms with Crippen LogP contribution < -0.4 is 11.1 Å². The van der Waals surface area contributed by atoms with Crippen LogP contribution in [0.25, 0.3) is 0 Å². The van der Waals surface area contributed by atoms with Gasteiger partial charge in [-0.3, -0.25) is 9.59 Å². The summed E-state index contributed by atoms with van der Waals surface area (Å²) in [4.78, 5) is 36.0. The van der Waals surface area contributed by atoms with Crippen molar-refractivity contribution in [2.45, 2.75) is 58.1 Å². The molecule has 24 heavy (non-hydrogen) atoms. The number of hydrogen-bond donors (Lipinski definition) is 2. The molecule has 1 aliphatic rings. The van der Waals surface area contributed by atoms with Gasteiger partial charge in [-0.1, -0.05) is 6.92 Å². The summed E-state index contributed by atoms with van der Waals surface area (Å²) in [7, 11) is 0. The van der Waals surface area contributed by atoms with Crippen molar-refractivity contribution < 1.29 is 27.9 Å². The minimum atomic E-state index is -3.42. The molecular weight excluding hydrogens is 324 g/mol. The minimum Gasteiger partial charge on any atom is -0.444 e. The van der Waals surface area contributed by atoms with Crippen LogP contribution in [0, 0.1) is 5.92 Å². The molecular formula is C15H25F2N3O4. The van der Waals surface area contributed by atoms with Crippen molar-refractivity contribution in [3.63, 3.8) is 0 Å². The maximum atomic E-state index is 14.3. The average molecular weight is 349 g/mol. The second-order valence-electron chi connectivity index (χ2n) is 6.88. The largest absolute Gasteiger partial charge is 0.444 e. The first-order chi connectivity index (χ1) is 10.9. The molecule has 9 heteroatoms. The van der Waals surface area contributed by atoms with Crippen LogP contribution in [0.15, 0.2) is 0 Å². The van der Waals surface area contributed by atoms with Crippen molar-refractivity contribution in [3.05, 3.63) is 0 Å². The lowest BCUT2D eigenvalue weighted by Gasteiger charge is -2.38. The van der Waals surface area contributed by atoms with Gasteiger partial charge in [-0.15, -0.1) is 0 Å². The molecule has 0 aromatic carbocycles. The van der Waals surface area contributed by atoms with Crippen molar-refractivity contribution in [1.82, 2.24) is 10.2 Å². The summed E-state index contributed by atoms with van der Waals surface area (Å²) in [6, 6.07) is -0.989. The number of halogens is 2. The zero-order chi connectivity index (χ0) is 18.7. The third kappa shape index (κ3) is 5.31. The summed E-state index contributed by atoms with van der Waals surface area (Å²) in [6.45, 7) is 5.58. The molecule has 1 fully saturated rings. The van der Waals surface area contributed by atoms with E-state index in [4.69, 9.17) is 10.5 Å². The fourth-order valence-corrected chi connectivity index (χ4v) is 2.39. The molecule has 7 nitrogen and oxygen atoms in total. The molecule has 0 saturated carbocycles. The highest BCUT2D eigenvalue weighted by Gasteiger charge is 2.50. The Hall–Kier alpha value is -1.93. The van der Waals surface area contributed by atoms with E-state index in [0.29, 0.717) is 0 Å². The Morgan fingerprint density at radius 2 is 1.96 bits per heavy atom. The summed E-state index contributed by atoms with van der Waals surface area (Å²) in [5.74, 6) is -6.76. The molecule has 0 radical (unpaired) electrons. The monoisotopic (exact) mass is 349 g/mol. The Kier molecular flexibility index (Phi) is 6.13. The van der Waals surface area contributed by atoms with E-state index in [2.05, 4.69) is 5.32 Å². The number of likely N-dealkylation sites (tertiary alicyclic amines) is 1. The van der Waals surface area contributed by atoms with Gasteiger partial charge in [0.15, 0.2) is 0 Å². The van der Waals surface area contributed by atoms with E-state index >= 15 is 0 Å². The molecule has 3 N–H and O–H groups in total. The van der Waals surface area contributed by atoms with E-state index in [1.54, 1.807) is 27.7 Å². The predicted octanol–water partition coefficient (Wildman–Crippen LogP) is 1.26. The molecule has 0 bridgehead atoms. The maximum absolute atomic E-state index is 14.3. The predicted molar refractivity (Wildman–Crippen MR) is 82.3 cm³/mol. The van der Waals surface area contributed by atoms with Crippen LogP contribution in [0.5, 0.6) is 0 Å². The van der Waals surface area contributed by atoms with Gasteiger partial charge >= 0.3 is 6.09 Å². The van der Waals surface area contributed by atoms with Crippen molar-refractivity contribution in [3.8, 4) is 0 Å². The lowest BCUT2D eigenvalue weighted by atomic mass is 9.91. The van der Waals surface area contributed by atoms with Gasteiger partial charge in [0.1, 0.15) is 17.6 Å². The van der Waals surface area contributed by atoms with Crippen molar-refractivity contribution in [1.29, 1.82) is 0 Å². The number of primary amides is 1. The summed E-state index contributed by atoms with van der Waals surface area (Å²) in [5, 5.41) is 2.25. The van der Waals surface area contributed by atoms with Gasteiger partial charge in [-0.05, 0) is 33.6 Å². The van der Waals surface area contributed by atoms with Gasteiger partial charge in [0.2, 0.25) is 11.8 Å². The van der Waals surface area contributed by atoms with E-state index in [9.17, 15) is 23.2 Å². The van der Waals surface area contributed by atoms with E-state index in [1.165, 1.54) is 0 Å². The van der Waals surface area contributed by atoms with E-state index in [0.717, 1.165) is 4.90 Å². The van der Waals surface area contributed by atoms with Crippen LogP contribution in [-0.4, -0.2) is 53.5 Å². The van der Waals surface area contributed by atoms with Gasteiger partial charge in [0.25, 0.3) is 5.92 Å². The Morgan fingerprint density at radius 1 is 1.38 bits per heavy atom. The molecule has 2 atom stereocenters. The molecule has 138 valence electrons. The first kappa shape index (κ1) is 20.1. The van der Waals surface area contributed by atoms with Crippen LogP contribution in [0.1, 0.15) is 40.5 Å². The second-order valence-corrected chi connectivity index (χ2v) is 6.88. The number of alkyl halides is 2. The number of nitrogens with two attached hydrogens (primary N) is 1. The number of rotatable bonds is 4. The van der Waals surface area contributed by atoms with Gasteiger partial charge in [-0.25, -0.2) is 13.6 Å². The van der Waals surface area contributed by atoms with Gasteiger partial charge < -0.3 is 20.7 Å². The molecule has 0 aliphatic carbocycles. The normalized spacial score (nSPS) is 21.8. The number of nitrogens with one attached hydrogen (secondary N) is 1. The van der Waals surface area contributed by atoms with Crippen molar-refractivity contribution in [2.24, 2.45) is 11.7 Å². The highest BCUT2D eigenvalue weighted by molar-refractivity contribution is 5.88. The Bertz CT molecular complexity index is 505. The molecule has 1 rings (SSSR count). The Morgan fingerprint density at radius 3 is 2.38 bits per heavy atom. The quantitative estimate of drug-likeness (QED) is 0.798. The van der Waals surface area contributed by atoms with E-state index in [-0.39, 0.29) is 19.4 Å². The highest BCUT2D eigenvalue weighted by atomic mass is 19.3. The third-order valence-electron chi connectivity index (χ3n) is 3.64. The first-order valence-corrected chi connectivity index (χ1v) is 7.83. The SMILES string of the molecule is CC[C@@H](NC(=O)C1CCN(C(=O)OC(C)(C)C)CC1(F)F)C(N)=O. The summed E-state index contributed by atoms with van der Waals surface area (Å²) in [5.41, 5.74) is 4.31. The fourth-order valence-electron chi connectivity index (χ4n) is 2.39. The number of hydrogen-bond acceptors (Lipinski definition) is 4. The number of piperidine rings is 1. The van der Waals surface area contributed by atoms with E-state index < -0.39 is 47.9 Å². The Labute approximate surface area is 139 Å². The molecule has 0 aromatic heterocycles. The lowest BCUT2D eigenvalue weighted by Crippen LogP contribution is -2.57. The van der Waals surface area contributed by atoms with Crippen molar-refractivity contribution in [2.75, 3.05) is 13.1 Å². The van der Waals surface area contributed by atoms with Gasteiger partial charge in [0, 0.05) is 6.54 Å². The van der Waals surface area contributed by atoms with Crippen LogP contribution >= 0.6 is 0 Å². The smallest absolute Gasteiger partial charge is 0.410 e. The van der Waals surface area contributed by atoms with Crippen molar-refractivity contribution >= 4 is 17.9 Å². The van der Waals surface area contributed by atoms with Gasteiger partial charge in [0.05, 0.1) is 6.54 Å². The third-order valence-corrected chi connectivity index (χ3v) is 3.64. The summed E-state index contributed by atoms with van der Waals surface area (Å²) >= 11 is 0. The number of carbonyl (C=O) groups excluding carboxylic acids is 3. The standard InChI is InChI=1S/C15H25F2N3O4/c1-5-10(11(18)21)19-12(22)9-6-7-20(8-15(9,16)17)13(23)24-14(2,3)4/h9-10H,5-8H2,1-4H3,(H2,18,21)(H,19,22)/t9?,10-/m1/s1. The molecule has 1 unspecified atom stereocenters. The minimum absolute atomic E-state index is 0.0318. The fraction of sp³-hybridized carbons (Fsp3) is 0.800. The highest BCUT2D eigenvalue weighted by Crippen LogP contribution is 2.33. The maximum Gasteiger partial charge on any atom is 0.410 e. The molecule has 0 aromatic rings. The van der Waals surface area contributed by atoms with Gasteiger partial charge in [-0.2, -0.15) is 0 Å². The summed E-state index contributed by atoms with van der Waals surface area (Å²) in [6.07, 6.45) is -0.860. The Balaban J connectivity index is 2.74. The molecule has 1 aliphatic heterocycles. The molecule has 1 heterocycles. The first-order valence-electron chi connectivity index (χ1n) is 7.83. The zero-order valence-corrected chi connectivity index (χ0v) is 14.4. The van der Waals surface area contributed by atoms with Crippen LogP contribution in [-0.2, 0) is 14.3 Å². The number of ether oxygens (including phenoxy) is 1. The summed E-state index contributed by atoms with van der Waals surface area (Å²) < 4.78 is 33.7. The number of nitrogens with zero attached hydrogens (tertiary/aromatic N) is 1. The number of carbonyl (C=O) groups is 3. The molecule has 1 saturated heterocycles. The topological polar surface area (TPSA) is 102 Å². The molecule has 3 amide bonds. The zero-order valence-electron chi connectivity index (χ0n) is 14.4. The van der Waals surface area contributed by atoms with Crippen LogP contribution in [0.2, 0.25) is 0 Å². The molecule has 0 spiro atoms. The second kappa shape index (κ2) is 7.31. The lowest BCUT2D eigenvalue weighted by molar-refractivity contribution is -0.152. The van der Waals surface area contributed by atoms with Crippen LogP contribution in [0.3, 0.4) is 0 Å².